The highest BCUT2D eigenvalue weighted by Crippen LogP contribution is 2.32. The van der Waals surface area contributed by atoms with Crippen molar-refractivity contribution in [3.05, 3.63) is 35.9 Å². The van der Waals surface area contributed by atoms with E-state index in [0.29, 0.717) is 19.1 Å². The van der Waals surface area contributed by atoms with E-state index in [9.17, 15) is 13.2 Å². The van der Waals surface area contributed by atoms with Gasteiger partial charge in [0.25, 0.3) is 0 Å². The number of hydrogen-bond acceptors (Lipinski definition) is 2. The van der Waals surface area contributed by atoms with E-state index in [1.807, 2.05) is 7.05 Å². The third kappa shape index (κ3) is 5.13. The number of halogens is 3. The number of benzene rings is 1. The van der Waals surface area contributed by atoms with Crippen LogP contribution in [0.1, 0.15) is 31.9 Å². The summed E-state index contributed by atoms with van der Waals surface area (Å²) in [6.45, 7) is 5.03. The SMILES string of the molecule is CCC(C)N(C)CCNC(c1ccccc1)C(F)(F)F. The predicted molar refractivity (Wildman–Crippen MR) is 75.6 cm³/mol. The molecule has 20 heavy (non-hydrogen) atoms. The highest BCUT2D eigenvalue weighted by Gasteiger charge is 2.40. The monoisotopic (exact) mass is 288 g/mol. The van der Waals surface area contributed by atoms with Gasteiger partial charge in [0.2, 0.25) is 0 Å². The molecule has 114 valence electrons. The highest BCUT2D eigenvalue weighted by molar-refractivity contribution is 5.20. The first kappa shape index (κ1) is 17.0. The maximum atomic E-state index is 13.1. The summed E-state index contributed by atoms with van der Waals surface area (Å²) < 4.78 is 39.2. The van der Waals surface area contributed by atoms with E-state index in [1.54, 1.807) is 18.2 Å². The van der Waals surface area contributed by atoms with Crippen LogP contribution in [0.25, 0.3) is 0 Å². The van der Waals surface area contributed by atoms with E-state index in [2.05, 4.69) is 24.1 Å². The Balaban J connectivity index is 2.60. The van der Waals surface area contributed by atoms with Gasteiger partial charge >= 0.3 is 6.18 Å². The van der Waals surface area contributed by atoms with Gasteiger partial charge in [0.15, 0.2) is 0 Å². The second-order valence-electron chi connectivity index (χ2n) is 5.08. The molecule has 0 bridgehead atoms. The number of likely N-dealkylation sites (N-methyl/N-ethyl adjacent to an activating group) is 1. The Kier molecular flexibility index (Phi) is 6.49. The Bertz CT molecular complexity index is 378. The Morgan fingerprint density at radius 3 is 2.30 bits per heavy atom. The normalized spacial score (nSPS) is 15.3. The molecule has 2 nitrogen and oxygen atoms in total. The lowest BCUT2D eigenvalue weighted by Crippen LogP contribution is -2.40. The molecule has 0 saturated carbocycles. The molecule has 0 radical (unpaired) electrons. The van der Waals surface area contributed by atoms with Gasteiger partial charge in [0, 0.05) is 19.1 Å². The van der Waals surface area contributed by atoms with Crippen molar-refractivity contribution in [2.75, 3.05) is 20.1 Å². The largest absolute Gasteiger partial charge is 0.407 e. The quantitative estimate of drug-likeness (QED) is 0.824. The molecule has 1 aromatic carbocycles. The van der Waals surface area contributed by atoms with Gasteiger partial charge < -0.3 is 10.2 Å². The fourth-order valence-corrected chi connectivity index (χ4v) is 1.99. The zero-order chi connectivity index (χ0) is 15.2. The minimum Gasteiger partial charge on any atom is -0.302 e. The lowest BCUT2D eigenvalue weighted by molar-refractivity contribution is -0.157. The molecule has 2 atom stereocenters. The van der Waals surface area contributed by atoms with Crippen LogP contribution in [0.4, 0.5) is 13.2 Å². The van der Waals surface area contributed by atoms with Crippen LogP contribution in [0.5, 0.6) is 0 Å². The van der Waals surface area contributed by atoms with Crippen molar-refractivity contribution in [1.29, 1.82) is 0 Å². The molecular formula is C15H23F3N2. The first-order valence-electron chi connectivity index (χ1n) is 6.91. The van der Waals surface area contributed by atoms with Crippen molar-refractivity contribution in [3.8, 4) is 0 Å². The lowest BCUT2D eigenvalue weighted by atomic mass is 10.1. The van der Waals surface area contributed by atoms with E-state index in [0.717, 1.165) is 6.42 Å². The maximum Gasteiger partial charge on any atom is 0.407 e. The summed E-state index contributed by atoms with van der Waals surface area (Å²) in [6.07, 6.45) is -3.30. The minimum absolute atomic E-state index is 0.256. The molecule has 0 heterocycles. The molecule has 0 spiro atoms. The van der Waals surface area contributed by atoms with E-state index in [4.69, 9.17) is 0 Å². The fraction of sp³-hybridized carbons (Fsp3) is 0.600. The van der Waals surface area contributed by atoms with Gasteiger partial charge in [-0.2, -0.15) is 13.2 Å². The fourth-order valence-electron chi connectivity index (χ4n) is 1.99. The molecule has 0 fully saturated rings. The second-order valence-corrected chi connectivity index (χ2v) is 5.08. The zero-order valence-electron chi connectivity index (χ0n) is 12.2. The Hall–Kier alpha value is -1.07. The van der Waals surface area contributed by atoms with Crippen molar-refractivity contribution in [1.82, 2.24) is 10.2 Å². The number of rotatable bonds is 7. The summed E-state index contributed by atoms with van der Waals surface area (Å²) in [5.41, 5.74) is 0.256. The van der Waals surface area contributed by atoms with E-state index in [1.165, 1.54) is 12.1 Å². The molecule has 0 aromatic heterocycles. The molecule has 5 heteroatoms. The molecule has 0 amide bonds. The third-order valence-corrected chi connectivity index (χ3v) is 3.62. The smallest absolute Gasteiger partial charge is 0.302 e. The van der Waals surface area contributed by atoms with Crippen LogP contribution in [0.2, 0.25) is 0 Å². The maximum absolute atomic E-state index is 13.1. The average Bonchev–Trinajstić information content (AvgIpc) is 2.42. The molecule has 2 unspecified atom stereocenters. The summed E-state index contributed by atoms with van der Waals surface area (Å²) in [5.74, 6) is 0. The standard InChI is InChI=1S/C15H23F3N2/c1-4-12(2)20(3)11-10-19-14(15(16,17)18)13-8-6-5-7-9-13/h5-9,12,14,19H,4,10-11H2,1-3H3. The van der Waals surface area contributed by atoms with Crippen LogP contribution in [0.3, 0.4) is 0 Å². The molecule has 0 aliphatic heterocycles. The molecule has 0 saturated heterocycles. The van der Waals surface area contributed by atoms with E-state index < -0.39 is 12.2 Å². The Labute approximate surface area is 119 Å². The first-order valence-corrected chi connectivity index (χ1v) is 6.91. The van der Waals surface area contributed by atoms with Gasteiger partial charge in [-0.05, 0) is 26.0 Å². The van der Waals surface area contributed by atoms with E-state index >= 15 is 0 Å². The van der Waals surface area contributed by atoms with Gasteiger partial charge in [-0.15, -0.1) is 0 Å². The van der Waals surface area contributed by atoms with Gasteiger partial charge in [0.05, 0.1) is 0 Å². The molecule has 0 aliphatic carbocycles. The van der Waals surface area contributed by atoms with Crippen LogP contribution in [-0.4, -0.2) is 37.3 Å². The van der Waals surface area contributed by atoms with Gasteiger partial charge in [-0.1, -0.05) is 37.3 Å². The van der Waals surface area contributed by atoms with Crippen molar-refractivity contribution in [2.24, 2.45) is 0 Å². The summed E-state index contributed by atoms with van der Waals surface area (Å²) in [6, 6.07) is 6.75. The number of nitrogens with zero attached hydrogens (tertiary/aromatic N) is 1. The molecule has 1 N–H and O–H groups in total. The Morgan fingerprint density at radius 1 is 1.20 bits per heavy atom. The molecule has 1 aromatic rings. The van der Waals surface area contributed by atoms with Gasteiger partial charge in [-0.25, -0.2) is 0 Å². The highest BCUT2D eigenvalue weighted by atomic mass is 19.4. The predicted octanol–water partition coefficient (Wildman–Crippen LogP) is 3.61. The van der Waals surface area contributed by atoms with Crippen LogP contribution in [-0.2, 0) is 0 Å². The first-order chi connectivity index (χ1) is 9.36. The molecule has 1 rings (SSSR count). The molecule has 0 aliphatic rings. The van der Waals surface area contributed by atoms with Gasteiger partial charge in [-0.3, -0.25) is 0 Å². The lowest BCUT2D eigenvalue weighted by Gasteiger charge is -2.26. The molecular weight excluding hydrogens is 265 g/mol. The summed E-state index contributed by atoms with van der Waals surface area (Å²) in [7, 11) is 1.93. The van der Waals surface area contributed by atoms with Crippen molar-refractivity contribution >= 4 is 0 Å². The number of alkyl halides is 3. The summed E-state index contributed by atoms with van der Waals surface area (Å²) in [4.78, 5) is 2.06. The topological polar surface area (TPSA) is 15.3 Å². The van der Waals surface area contributed by atoms with Gasteiger partial charge in [0.1, 0.15) is 6.04 Å². The average molecular weight is 288 g/mol. The number of hydrogen-bond donors (Lipinski definition) is 1. The van der Waals surface area contributed by atoms with Crippen LogP contribution in [0.15, 0.2) is 30.3 Å². The summed E-state index contributed by atoms with van der Waals surface area (Å²) >= 11 is 0. The summed E-state index contributed by atoms with van der Waals surface area (Å²) in [5, 5.41) is 2.62. The van der Waals surface area contributed by atoms with Crippen LogP contribution < -0.4 is 5.32 Å². The second kappa shape index (κ2) is 7.64. The van der Waals surface area contributed by atoms with Crippen LogP contribution >= 0.6 is 0 Å². The number of nitrogens with one attached hydrogen (secondary N) is 1. The van der Waals surface area contributed by atoms with Crippen molar-refractivity contribution < 1.29 is 13.2 Å². The van der Waals surface area contributed by atoms with Crippen LogP contribution in [0, 0.1) is 0 Å². The Morgan fingerprint density at radius 2 is 1.80 bits per heavy atom. The van der Waals surface area contributed by atoms with Crippen molar-refractivity contribution in [2.45, 2.75) is 38.5 Å². The zero-order valence-corrected chi connectivity index (χ0v) is 12.2. The van der Waals surface area contributed by atoms with Crippen molar-refractivity contribution in [3.63, 3.8) is 0 Å². The third-order valence-electron chi connectivity index (χ3n) is 3.62. The minimum atomic E-state index is -4.28. The van der Waals surface area contributed by atoms with E-state index in [-0.39, 0.29) is 5.56 Å².